The van der Waals surface area contributed by atoms with Crippen molar-refractivity contribution < 1.29 is 14.1 Å². The van der Waals surface area contributed by atoms with Crippen molar-refractivity contribution in [1.82, 2.24) is 15.0 Å². The molecule has 1 unspecified atom stereocenters. The van der Waals surface area contributed by atoms with Crippen LogP contribution in [0.15, 0.2) is 28.8 Å². The molecule has 1 fully saturated rings. The van der Waals surface area contributed by atoms with Crippen LogP contribution in [0, 0.1) is 0 Å². The molecule has 1 aromatic carbocycles. The van der Waals surface area contributed by atoms with Crippen molar-refractivity contribution in [3.63, 3.8) is 0 Å². The van der Waals surface area contributed by atoms with Crippen molar-refractivity contribution in [2.24, 2.45) is 0 Å². The smallest absolute Gasteiger partial charge is 0.231 e. The Balaban J connectivity index is 1.69. The quantitative estimate of drug-likeness (QED) is 0.815. The maximum atomic E-state index is 12.3. The number of aryl methyl sites for hydroxylation is 1. The van der Waals surface area contributed by atoms with Crippen molar-refractivity contribution in [2.75, 3.05) is 13.7 Å². The summed E-state index contributed by atoms with van der Waals surface area (Å²) in [6.45, 7) is 3.28. The van der Waals surface area contributed by atoms with Crippen LogP contribution in [0.3, 0.4) is 0 Å². The second-order valence-corrected chi connectivity index (χ2v) is 6.16. The predicted molar refractivity (Wildman–Crippen MR) is 88.7 cm³/mol. The zero-order valence-corrected chi connectivity index (χ0v) is 14.2. The second-order valence-electron chi connectivity index (χ2n) is 6.16. The first-order chi connectivity index (χ1) is 11.7. The van der Waals surface area contributed by atoms with E-state index in [0.717, 1.165) is 36.4 Å². The number of amides is 1. The molecular weight excluding hydrogens is 306 g/mol. The highest BCUT2D eigenvalue weighted by Gasteiger charge is 2.30. The molecule has 1 atom stereocenters. The Morgan fingerprint density at radius 3 is 3.08 bits per heavy atom. The van der Waals surface area contributed by atoms with E-state index in [9.17, 15) is 4.79 Å². The lowest BCUT2D eigenvalue weighted by Gasteiger charge is -2.31. The number of likely N-dealkylation sites (tertiary alicyclic amines) is 1. The minimum atomic E-state index is 0.117. The van der Waals surface area contributed by atoms with Gasteiger partial charge in [-0.1, -0.05) is 24.2 Å². The zero-order valence-electron chi connectivity index (χ0n) is 14.2. The highest BCUT2D eigenvalue weighted by atomic mass is 16.5. The maximum Gasteiger partial charge on any atom is 0.231 e. The molecule has 3 rings (SSSR count). The van der Waals surface area contributed by atoms with Gasteiger partial charge in [-0.2, -0.15) is 4.98 Å². The molecule has 1 saturated heterocycles. The first-order valence-electron chi connectivity index (χ1n) is 8.42. The molecule has 0 N–H and O–H groups in total. The van der Waals surface area contributed by atoms with Gasteiger partial charge in [0, 0.05) is 25.9 Å². The lowest BCUT2D eigenvalue weighted by molar-refractivity contribution is -0.134. The third kappa shape index (κ3) is 3.75. The molecule has 2 aromatic rings. The Hall–Kier alpha value is -2.37. The summed E-state index contributed by atoms with van der Waals surface area (Å²) in [6, 6.07) is 7.81. The first kappa shape index (κ1) is 16.5. The molecule has 1 aliphatic rings. The van der Waals surface area contributed by atoms with Crippen LogP contribution in [0.2, 0.25) is 0 Å². The highest BCUT2D eigenvalue weighted by Crippen LogP contribution is 2.28. The Kier molecular flexibility index (Phi) is 5.13. The monoisotopic (exact) mass is 329 g/mol. The van der Waals surface area contributed by atoms with Gasteiger partial charge in [0.15, 0.2) is 5.82 Å². The molecule has 1 aromatic heterocycles. The summed E-state index contributed by atoms with van der Waals surface area (Å²) in [7, 11) is 1.64. The van der Waals surface area contributed by atoms with Gasteiger partial charge in [-0.3, -0.25) is 4.79 Å². The van der Waals surface area contributed by atoms with Gasteiger partial charge >= 0.3 is 0 Å². The van der Waals surface area contributed by atoms with E-state index in [4.69, 9.17) is 9.26 Å². The summed E-state index contributed by atoms with van der Waals surface area (Å²) in [5.74, 6) is 2.49. The SMILES string of the molecule is CCCc1noc(C2CCC(=O)N(Cc3cccc(OC)c3)C2)n1. The summed E-state index contributed by atoms with van der Waals surface area (Å²) in [4.78, 5) is 18.6. The topological polar surface area (TPSA) is 68.5 Å². The third-order valence-corrected chi connectivity index (χ3v) is 4.31. The molecule has 0 bridgehead atoms. The molecule has 1 aliphatic heterocycles. The zero-order chi connectivity index (χ0) is 16.9. The molecule has 128 valence electrons. The van der Waals surface area contributed by atoms with Gasteiger partial charge in [0.1, 0.15) is 5.75 Å². The van der Waals surface area contributed by atoms with Crippen molar-refractivity contribution in [3.05, 3.63) is 41.5 Å². The molecule has 2 heterocycles. The van der Waals surface area contributed by atoms with Crippen LogP contribution in [-0.2, 0) is 17.8 Å². The van der Waals surface area contributed by atoms with E-state index in [-0.39, 0.29) is 11.8 Å². The number of benzene rings is 1. The second kappa shape index (κ2) is 7.47. The lowest BCUT2D eigenvalue weighted by atomic mass is 9.97. The standard InChI is InChI=1S/C18H23N3O3/c1-3-5-16-19-18(24-20-16)14-8-9-17(22)21(12-14)11-13-6-4-7-15(10-13)23-2/h4,6-7,10,14H,3,5,8-9,11-12H2,1-2H3. The van der Waals surface area contributed by atoms with Crippen LogP contribution in [0.25, 0.3) is 0 Å². The van der Waals surface area contributed by atoms with Crippen molar-refractivity contribution in [1.29, 1.82) is 0 Å². The van der Waals surface area contributed by atoms with E-state index in [1.54, 1.807) is 7.11 Å². The Morgan fingerprint density at radius 1 is 1.42 bits per heavy atom. The van der Waals surface area contributed by atoms with E-state index in [1.165, 1.54) is 0 Å². The lowest BCUT2D eigenvalue weighted by Crippen LogP contribution is -2.38. The van der Waals surface area contributed by atoms with E-state index in [0.29, 0.717) is 25.4 Å². The van der Waals surface area contributed by atoms with Crippen LogP contribution in [-0.4, -0.2) is 34.6 Å². The number of aromatic nitrogens is 2. The summed E-state index contributed by atoms with van der Waals surface area (Å²) in [5, 5.41) is 4.03. The molecule has 6 heteroatoms. The molecular formula is C18H23N3O3. The Morgan fingerprint density at radius 2 is 2.29 bits per heavy atom. The summed E-state index contributed by atoms with van der Waals surface area (Å²) >= 11 is 0. The minimum absolute atomic E-state index is 0.117. The Bertz CT molecular complexity index is 698. The van der Waals surface area contributed by atoms with Gasteiger partial charge in [-0.25, -0.2) is 0 Å². The van der Waals surface area contributed by atoms with Crippen molar-refractivity contribution >= 4 is 5.91 Å². The fourth-order valence-corrected chi connectivity index (χ4v) is 3.02. The van der Waals surface area contributed by atoms with Crippen LogP contribution >= 0.6 is 0 Å². The number of piperidine rings is 1. The molecule has 0 aliphatic carbocycles. The maximum absolute atomic E-state index is 12.3. The first-order valence-corrected chi connectivity index (χ1v) is 8.42. The number of ether oxygens (including phenoxy) is 1. The van der Waals surface area contributed by atoms with Gasteiger partial charge in [0.05, 0.1) is 13.0 Å². The number of carbonyl (C=O) groups is 1. The molecule has 24 heavy (non-hydrogen) atoms. The number of methoxy groups -OCH3 is 1. The third-order valence-electron chi connectivity index (χ3n) is 4.31. The number of nitrogens with zero attached hydrogens (tertiary/aromatic N) is 3. The van der Waals surface area contributed by atoms with Crippen LogP contribution in [0.4, 0.5) is 0 Å². The van der Waals surface area contributed by atoms with E-state index >= 15 is 0 Å². The van der Waals surface area contributed by atoms with Gasteiger partial charge in [-0.15, -0.1) is 0 Å². The molecule has 0 spiro atoms. The van der Waals surface area contributed by atoms with Crippen LogP contribution in [0.5, 0.6) is 5.75 Å². The Labute approximate surface area is 141 Å². The van der Waals surface area contributed by atoms with Crippen molar-refractivity contribution in [2.45, 2.75) is 45.1 Å². The fourth-order valence-electron chi connectivity index (χ4n) is 3.02. The number of hydrogen-bond acceptors (Lipinski definition) is 5. The van der Waals surface area contributed by atoms with E-state index in [1.807, 2.05) is 29.2 Å². The van der Waals surface area contributed by atoms with Gasteiger partial charge in [0.2, 0.25) is 11.8 Å². The highest BCUT2D eigenvalue weighted by molar-refractivity contribution is 5.77. The largest absolute Gasteiger partial charge is 0.497 e. The normalized spacial score (nSPS) is 18.0. The minimum Gasteiger partial charge on any atom is -0.497 e. The van der Waals surface area contributed by atoms with E-state index < -0.39 is 0 Å². The number of rotatable bonds is 6. The van der Waals surface area contributed by atoms with E-state index in [2.05, 4.69) is 17.1 Å². The molecule has 1 amide bonds. The van der Waals surface area contributed by atoms with Crippen LogP contribution in [0.1, 0.15) is 49.4 Å². The van der Waals surface area contributed by atoms with Crippen molar-refractivity contribution in [3.8, 4) is 5.75 Å². The average molecular weight is 329 g/mol. The molecule has 0 radical (unpaired) electrons. The number of carbonyl (C=O) groups excluding carboxylic acids is 1. The van der Waals surface area contributed by atoms with Gasteiger partial charge in [-0.05, 0) is 30.5 Å². The summed E-state index contributed by atoms with van der Waals surface area (Å²) in [5.41, 5.74) is 1.06. The molecule has 0 saturated carbocycles. The van der Waals surface area contributed by atoms with Crippen LogP contribution < -0.4 is 4.74 Å². The van der Waals surface area contributed by atoms with Gasteiger partial charge in [0.25, 0.3) is 0 Å². The number of hydrogen-bond donors (Lipinski definition) is 0. The average Bonchev–Trinajstić information content (AvgIpc) is 3.06. The fraction of sp³-hybridized carbons (Fsp3) is 0.500. The summed E-state index contributed by atoms with van der Waals surface area (Å²) in [6.07, 6.45) is 3.09. The summed E-state index contributed by atoms with van der Waals surface area (Å²) < 4.78 is 10.7. The van der Waals surface area contributed by atoms with Gasteiger partial charge < -0.3 is 14.2 Å². The molecule has 6 nitrogen and oxygen atoms in total. The predicted octanol–water partition coefficient (Wildman–Crippen LogP) is 2.94.